The predicted octanol–water partition coefficient (Wildman–Crippen LogP) is 3.73. The zero-order chi connectivity index (χ0) is 14.8. The number of anilines is 1. The van der Waals surface area contributed by atoms with Crippen LogP contribution in [0.5, 0.6) is 0 Å². The molecule has 1 N–H and O–H groups in total. The van der Waals surface area contributed by atoms with E-state index in [0.717, 1.165) is 40.8 Å². The van der Waals surface area contributed by atoms with Crippen LogP contribution in [0.1, 0.15) is 29.7 Å². The van der Waals surface area contributed by atoms with Gasteiger partial charge in [0.05, 0.1) is 18.0 Å². The lowest BCUT2D eigenvalue weighted by atomic mass is 10.1. The van der Waals surface area contributed by atoms with Crippen LogP contribution in [-0.2, 0) is 17.8 Å². The molecule has 0 amide bonds. The first-order valence-corrected chi connectivity index (χ1v) is 7.68. The van der Waals surface area contributed by atoms with Crippen molar-refractivity contribution in [2.45, 2.75) is 32.8 Å². The summed E-state index contributed by atoms with van der Waals surface area (Å²) in [6.45, 7) is 3.59. The first kappa shape index (κ1) is 14.4. The molecule has 0 unspecified atom stereocenters. The van der Waals surface area contributed by atoms with E-state index in [-0.39, 0.29) is 0 Å². The number of aromatic nitrogens is 2. The summed E-state index contributed by atoms with van der Waals surface area (Å²) in [7, 11) is 1.71. The zero-order valence-corrected chi connectivity index (χ0v) is 13.2. The number of rotatable bonds is 3. The van der Waals surface area contributed by atoms with Gasteiger partial charge in [-0.2, -0.15) is 5.10 Å². The first-order valence-electron chi connectivity index (χ1n) is 7.31. The van der Waals surface area contributed by atoms with Gasteiger partial charge in [-0.1, -0.05) is 11.6 Å². The first-order chi connectivity index (χ1) is 10.2. The molecule has 0 radical (unpaired) electrons. The lowest BCUT2D eigenvalue weighted by molar-refractivity contribution is 0.180. The predicted molar refractivity (Wildman–Crippen MR) is 85.5 cm³/mol. The van der Waals surface area contributed by atoms with Gasteiger partial charge in [-0.05, 0) is 49.9 Å². The van der Waals surface area contributed by atoms with Crippen molar-refractivity contribution in [2.24, 2.45) is 0 Å². The lowest BCUT2D eigenvalue weighted by Gasteiger charge is -2.11. The molecule has 0 bridgehead atoms. The number of nitrogens with zero attached hydrogens (tertiary/aromatic N) is 2. The molecule has 1 aromatic heterocycles. The van der Waals surface area contributed by atoms with Gasteiger partial charge < -0.3 is 10.1 Å². The minimum Gasteiger partial charge on any atom is -0.378 e. The Labute approximate surface area is 130 Å². The van der Waals surface area contributed by atoms with Gasteiger partial charge in [0.25, 0.3) is 0 Å². The highest BCUT2D eigenvalue weighted by Gasteiger charge is 2.21. The maximum atomic E-state index is 6.06. The third-order valence-electron chi connectivity index (χ3n) is 3.88. The molecule has 1 aliphatic heterocycles. The van der Waals surface area contributed by atoms with E-state index in [1.54, 1.807) is 7.11 Å². The number of fused-ring (bicyclic) bond motifs is 1. The van der Waals surface area contributed by atoms with E-state index in [2.05, 4.69) is 12.2 Å². The molecule has 3 rings (SSSR count). The fraction of sp³-hybridized carbons (Fsp3) is 0.438. The molecule has 0 aliphatic carbocycles. The molecule has 0 fully saturated rings. The number of ether oxygens (including phenoxy) is 1. The molecule has 0 atom stereocenters. The normalized spacial score (nSPS) is 14.4. The van der Waals surface area contributed by atoms with Crippen molar-refractivity contribution in [2.75, 3.05) is 19.0 Å². The van der Waals surface area contributed by atoms with Crippen molar-refractivity contribution in [3.63, 3.8) is 0 Å². The van der Waals surface area contributed by atoms with Gasteiger partial charge in [0, 0.05) is 24.2 Å². The van der Waals surface area contributed by atoms with Gasteiger partial charge in [-0.3, -0.25) is 0 Å². The zero-order valence-electron chi connectivity index (χ0n) is 12.4. The minimum atomic E-state index is 0.545. The maximum absolute atomic E-state index is 6.06. The van der Waals surface area contributed by atoms with Crippen molar-refractivity contribution in [1.82, 2.24) is 9.78 Å². The summed E-state index contributed by atoms with van der Waals surface area (Å²) in [5.74, 6) is 1.10. The second-order valence-corrected chi connectivity index (χ2v) is 5.87. The summed E-state index contributed by atoms with van der Waals surface area (Å²) in [6, 6.07) is 5.90. The summed E-state index contributed by atoms with van der Waals surface area (Å²) in [4.78, 5) is 0. The third kappa shape index (κ3) is 2.78. The van der Waals surface area contributed by atoms with Crippen molar-refractivity contribution >= 4 is 17.4 Å². The van der Waals surface area contributed by atoms with E-state index in [1.165, 1.54) is 18.4 Å². The van der Waals surface area contributed by atoms with Crippen LogP contribution in [0.3, 0.4) is 0 Å². The highest BCUT2D eigenvalue weighted by Crippen LogP contribution is 2.30. The SMILES string of the molecule is COCc1nn(-c2ccc(Cl)cc2C)c2c1CCCCN2. The minimum absolute atomic E-state index is 0.545. The van der Waals surface area contributed by atoms with Gasteiger partial charge in [-0.25, -0.2) is 4.68 Å². The number of halogens is 1. The Morgan fingerprint density at radius 2 is 2.24 bits per heavy atom. The summed E-state index contributed by atoms with van der Waals surface area (Å²) >= 11 is 6.06. The van der Waals surface area contributed by atoms with E-state index in [1.807, 2.05) is 22.9 Å². The highest BCUT2D eigenvalue weighted by atomic mass is 35.5. The van der Waals surface area contributed by atoms with Crippen LogP contribution in [-0.4, -0.2) is 23.4 Å². The molecule has 2 aromatic rings. The Morgan fingerprint density at radius 1 is 1.38 bits per heavy atom. The molecule has 2 heterocycles. The van der Waals surface area contributed by atoms with Gasteiger partial charge >= 0.3 is 0 Å². The highest BCUT2D eigenvalue weighted by molar-refractivity contribution is 6.30. The molecule has 112 valence electrons. The maximum Gasteiger partial charge on any atom is 0.133 e. The molecule has 5 heteroatoms. The number of hydrogen-bond donors (Lipinski definition) is 1. The Bertz CT molecular complexity index is 651. The molecule has 21 heavy (non-hydrogen) atoms. The van der Waals surface area contributed by atoms with Gasteiger partial charge in [0.2, 0.25) is 0 Å². The van der Waals surface area contributed by atoms with Gasteiger partial charge in [-0.15, -0.1) is 0 Å². The van der Waals surface area contributed by atoms with Crippen molar-refractivity contribution in [3.05, 3.63) is 40.0 Å². The van der Waals surface area contributed by atoms with Crippen LogP contribution in [0.25, 0.3) is 5.69 Å². The van der Waals surface area contributed by atoms with E-state index in [4.69, 9.17) is 21.4 Å². The van der Waals surface area contributed by atoms with E-state index >= 15 is 0 Å². The topological polar surface area (TPSA) is 39.1 Å². The van der Waals surface area contributed by atoms with Crippen molar-refractivity contribution in [1.29, 1.82) is 0 Å². The standard InChI is InChI=1S/C16H20ClN3O/c1-11-9-12(17)6-7-15(11)20-16-13(5-3-4-8-18-16)14(19-20)10-21-2/h6-7,9,18H,3-5,8,10H2,1-2H3. The van der Waals surface area contributed by atoms with Crippen LogP contribution in [0.15, 0.2) is 18.2 Å². The molecule has 0 spiro atoms. The van der Waals surface area contributed by atoms with E-state index < -0.39 is 0 Å². The molecule has 1 aromatic carbocycles. The smallest absolute Gasteiger partial charge is 0.133 e. The average Bonchev–Trinajstić information content (AvgIpc) is 2.64. The van der Waals surface area contributed by atoms with Crippen molar-refractivity contribution < 1.29 is 4.74 Å². The van der Waals surface area contributed by atoms with Crippen LogP contribution >= 0.6 is 11.6 Å². The van der Waals surface area contributed by atoms with Gasteiger partial charge in [0.15, 0.2) is 0 Å². The van der Waals surface area contributed by atoms with Crippen LogP contribution in [0.4, 0.5) is 5.82 Å². The number of hydrogen-bond acceptors (Lipinski definition) is 3. The molecule has 0 saturated heterocycles. The summed E-state index contributed by atoms with van der Waals surface area (Å²) in [6.07, 6.45) is 3.41. The van der Waals surface area contributed by atoms with E-state index in [0.29, 0.717) is 6.61 Å². The number of methoxy groups -OCH3 is 1. The Morgan fingerprint density at radius 3 is 3.00 bits per heavy atom. The number of aryl methyl sites for hydroxylation is 1. The Kier molecular flexibility index (Phi) is 4.17. The van der Waals surface area contributed by atoms with Crippen LogP contribution < -0.4 is 5.32 Å². The second-order valence-electron chi connectivity index (χ2n) is 5.43. The fourth-order valence-corrected chi connectivity index (χ4v) is 3.08. The molecule has 4 nitrogen and oxygen atoms in total. The molecule has 0 saturated carbocycles. The summed E-state index contributed by atoms with van der Waals surface area (Å²) in [5.41, 5.74) is 4.48. The largest absolute Gasteiger partial charge is 0.378 e. The fourth-order valence-electron chi connectivity index (χ4n) is 2.86. The molecule has 1 aliphatic rings. The van der Waals surface area contributed by atoms with Gasteiger partial charge in [0.1, 0.15) is 5.82 Å². The number of benzene rings is 1. The summed E-state index contributed by atoms with van der Waals surface area (Å²) in [5, 5.41) is 9.04. The van der Waals surface area contributed by atoms with E-state index in [9.17, 15) is 0 Å². The van der Waals surface area contributed by atoms with Crippen molar-refractivity contribution in [3.8, 4) is 5.69 Å². The average molecular weight is 306 g/mol. The molecular weight excluding hydrogens is 286 g/mol. The van der Waals surface area contributed by atoms with Crippen LogP contribution in [0, 0.1) is 6.92 Å². The Balaban J connectivity index is 2.13. The second kappa shape index (κ2) is 6.08. The third-order valence-corrected chi connectivity index (χ3v) is 4.12. The number of nitrogens with one attached hydrogen (secondary N) is 1. The quantitative estimate of drug-likeness (QED) is 0.939. The molecular formula is C16H20ClN3O. The Hall–Kier alpha value is -1.52. The van der Waals surface area contributed by atoms with Crippen LogP contribution in [0.2, 0.25) is 5.02 Å². The summed E-state index contributed by atoms with van der Waals surface area (Å²) < 4.78 is 7.31. The monoisotopic (exact) mass is 305 g/mol. The lowest BCUT2D eigenvalue weighted by Crippen LogP contribution is -2.08.